The topological polar surface area (TPSA) is 59.1 Å². The number of nitrogens with zero attached hydrogens (tertiary/aromatic N) is 1. The molecule has 3 aromatic rings. The van der Waals surface area contributed by atoms with Gasteiger partial charge in [-0.25, -0.2) is 13.4 Å². The Labute approximate surface area is 156 Å². The largest absolute Gasteiger partial charge is 0.279 e. The highest BCUT2D eigenvalue weighted by Crippen LogP contribution is 2.35. The number of para-hydroxylation sites is 1. The Kier molecular flexibility index (Phi) is 5.27. The van der Waals surface area contributed by atoms with Gasteiger partial charge in [0, 0.05) is 10.3 Å². The van der Waals surface area contributed by atoms with Crippen LogP contribution in [-0.4, -0.2) is 13.4 Å². The number of sulfonamides is 1. The van der Waals surface area contributed by atoms with Crippen molar-refractivity contribution in [3.63, 3.8) is 0 Å². The smallest absolute Gasteiger partial charge is 0.263 e. The molecule has 0 amide bonds. The SMILES string of the molecule is CCc1nc(-c2cc(S(=O)(=O)Nc3ccccc3CC)c(C)s2)cs1. The molecule has 2 heterocycles. The van der Waals surface area contributed by atoms with E-state index < -0.39 is 10.0 Å². The van der Waals surface area contributed by atoms with Gasteiger partial charge in [0.05, 0.1) is 21.3 Å². The Morgan fingerprint density at radius 2 is 1.92 bits per heavy atom. The molecule has 1 N–H and O–H groups in total. The van der Waals surface area contributed by atoms with Gasteiger partial charge in [0.25, 0.3) is 10.0 Å². The summed E-state index contributed by atoms with van der Waals surface area (Å²) in [5.74, 6) is 0. The van der Waals surface area contributed by atoms with E-state index in [1.54, 1.807) is 23.5 Å². The molecule has 25 heavy (non-hydrogen) atoms. The van der Waals surface area contributed by atoms with Crippen molar-refractivity contribution in [1.29, 1.82) is 0 Å². The maximum Gasteiger partial charge on any atom is 0.263 e. The van der Waals surface area contributed by atoms with Gasteiger partial charge < -0.3 is 0 Å². The highest BCUT2D eigenvalue weighted by atomic mass is 32.2. The number of anilines is 1. The van der Waals surface area contributed by atoms with Crippen LogP contribution in [0.25, 0.3) is 10.6 Å². The minimum atomic E-state index is -3.63. The maximum atomic E-state index is 12.9. The minimum Gasteiger partial charge on any atom is -0.279 e. The molecule has 0 aliphatic carbocycles. The maximum absolute atomic E-state index is 12.9. The van der Waals surface area contributed by atoms with Gasteiger partial charge in [0.2, 0.25) is 0 Å². The fourth-order valence-electron chi connectivity index (χ4n) is 2.57. The van der Waals surface area contributed by atoms with Gasteiger partial charge in [-0.15, -0.1) is 22.7 Å². The predicted molar refractivity (Wildman–Crippen MR) is 106 cm³/mol. The van der Waals surface area contributed by atoms with Crippen LogP contribution in [0, 0.1) is 6.92 Å². The third kappa shape index (κ3) is 3.78. The summed E-state index contributed by atoms with van der Waals surface area (Å²) in [5.41, 5.74) is 2.47. The monoisotopic (exact) mass is 392 g/mol. The normalized spacial score (nSPS) is 11.6. The Morgan fingerprint density at radius 1 is 1.16 bits per heavy atom. The van der Waals surface area contributed by atoms with Crippen molar-refractivity contribution in [2.24, 2.45) is 0 Å². The standard InChI is InChI=1S/C18H20N2O2S3/c1-4-13-8-6-7-9-14(13)20-25(21,22)17-10-16(24-12(17)3)15-11-23-18(5-2)19-15/h6-11,20H,4-5H2,1-3H3. The highest BCUT2D eigenvalue weighted by Gasteiger charge is 2.22. The third-order valence-corrected chi connectivity index (χ3v) is 7.60. The van der Waals surface area contributed by atoms with Crippen LogP contribution in [-0.2, 0) is 22.9 Å². The van der Waals surface area contributed by atoms with E-state index in [9.17, 15) is 8.42 Å². The number of rotatable bonds is 6. The van der Waals surface area contributed by atoms with Gasteiger partial charge in [-0.2, -0.15) is 0 Å². The van der Waals surface area contributed by atoms with Gasteiger partial charge in [-0.3, -0.25) is 4.72 Å². The molecular weight excluding hydrogens is 372 g/mol. The zero-order valence-corrected chi connectivity index (χ0v) is 16.8. The van der Waals surface area contributed by atoms with Gasteiger partial charge >= 0.3 is 0 Å². The molecule has 0 atom stereocenters. The lowest BCUT2D eigenvalue weighted by Crippen LogP contribution is -2.14. The van der Waals surface area contributed by atoms with Crippen LogP contribution in [0.5, 0.6) is 0 Å². The summed E-state index contributed by atoms with van der Waals surface area (Å²) in [6, 6.07) is 9.21. The van der Waals surface area contributed by atoms with Gasteiger partial charge in [0.15, 0.2) is 0 Å². The fourth-order valence-corrected chi connectivity index (χ4v) is 6.05. The number of thiazole rings is 1. The highest BCUT2D eigenvalue weighted by molar-refractivity contribution is 7.93. The first kappa shape index (κ1) is 18.1. The molecule has 0 saturated heterocycles. The quantitative estimate of drug-likeness (QED) is 0.634. The molecule has 0 aliphatic heterocycles. The summed E-state index contributed by atoms with van der Waals surface area (Å²) in [4.78, 5) is 6.54. The van der Waals surface area contributed by atoms with Crippen molar-refractivity contribution in [3.8, 4) is 10.6 Å². The van der Waals surface area contributed by atoms with Crippen LogP contribution in [0.3, 0.4) is 0 Å². The number of nitrogens with one attached hydrogen (secondary N) is 1. The van der Waals surface area contributed by atoms with E-state index in [0.29, 0.717) is 10.6 Å². The summed E-state index contributed by atoms with van der Waals surface area (Å²) in [5, 5.41) is 3.04. The van der Waals surface area contributed by atoms with E-state index in [4.69, 9.17) is 0 Å². The Morgan fingerprint density at radius 3 is 2.60 bits per heavy atom. The van der Waals surface area contributed by atoms with E-state index in [1.807, 2.05) is 37.4 Å². The molecule has 4 nitrogen and oxygen atoms in total. The van der Waals surface area contributed by atoms with Crippen LogP contribution < -0.4 is 4.72 Å². The first-order valence-corrected chi connectivity index (χ1v) is 11.3. The molecule has 0 saturated carbocycles. The first-order chi connectivity index (χ1) is 11.9. The van der Waals surface area contributed by atoms with E-state index in [-0.39, 0.29) is 0 Å². The van der Waals surface area contributed by atoms with Crippen LogP contribution in [0.15, 0.2) is 40.6 Å². The number of thiophene rings is 1. The zero-order chi connectivity index (χ0) is 18.0. The first-order valence-electron chi connectivity index (χ1n) is 8.10. The Bertz CT molecular complexity index is 987. The lowest BCUT2D eigenvalue weighted by atomic mass is 10.1. The van der Waals surface area contributed by atoms with Crippen LogP contribution in [0.2, 0.25) is 0 Å². The van der Waals surface area contributed by atoms with Crippen molar-refractivity contribution >= 4 is 38.4 Å². The number of aryl methyl sites for hydroxylation is 3. The van der Waals surface area contributed by atoms with Crippen molar-refractivity contribution in [2.45, 2.75) is 38.5 Å². The van der Waals surface area contributed by atoms with Crippen LogP contribution in [0.1, 0.15) is 29.3 Å². The molecular formula is C18H20N2O2S3. The van der Waals surface area contributed by atoms with E-state index in [0.717, 1.165) is 38.9 Å². The lowest BCUT2D eigenvalue weighted by molar-refractivity contribution is 0.601. The summed E-state index contributed by atoms with van der Waals surface area (Å²) in [6.45, 7) is 5.91. The van der Waals surface area contributed by atoms with Crippen LogP contribution in [0.4, 0.5) is 5.69 Å². The molecule has 132 valence electrons. The summed E-state index contributed by atoms with van der Waals surface area (Å²) >= 11 is 3.07. The van der Waals surface area contributed by atoms with E-state index in [1.165, 1.54) is 11.3 Å². The fraction of sp³-hybridized carbons (Fsp3) is 0.278. The van der Waals surface area contributed by atoms with Crippen molar-refractivity contribution < 1.29 is 8.42 Å². The summed E-state index contributed by atoms with van der Waals surface area (Å²) in [7, 11) is -3.63. The van der Waals surface area contributed by atoms with Gasteiger partial charge in [0.1, 0.15) is 4.90 Å². The minimum absolute atomic E-state index is 0.324. The molecule has 0 unspecified atom stereocenters. The third-order valence-electron chi connectivity index (χ3n) is 3.91. The lowest BCUT2D eigenvalue weighted by Gasteiger charge is -2.11. The second kappa shape index (κ2) is 7.27. The molecule has 3 rings (SSSR count). The van der Waals surface area contributed by atoms with E-state index >= 15 is 0 Å². The molecule has 0 spiro atoms. The van der Waals surface area contributed by atoms with Crippen molar-refractivity contribution in [3.05, 3.63) is 51.2 Å². The molecule has 7 heteroatoms. The zero-order valence-electron chi connectivity index (χ0n) is 14.4. The predicted octanol–water partition coefficient (Wildman–Crippen LogP) is 5.11. The molecule has 0 bridgehead atoms. The summed E-state index contributed by atoms with van der Waals surface area (Å²) < 4.78 is 28.5. The number of benzene rings is 1. The molecule has 2 aromatic heterocycles. The molecule has 1 aromatic carbocycles. The average Bonchev–Trinajstić information content (AvgIpc) is 3.21. The Balaban J connectivity index is 1.95. The molecule has 0 radical (unpaired) electrons. The molecule has 0 aliphatic rings. The van der Waals surface area contributed by atoms with Gasteiger partial charge in [-0.05, 0) is 37.5 Å². The van der Waals surface area contributed by atoms with Crippen LogP contribution >= 0.6 is 22.7 Å². The summed E-state index contributed by atoms with van der Waals surface area (Å²) in [6.07, 6.45) is 1.65. The van der Waals surface area contributed by atoms with E-state index in [2.05, 4.69) is 16.6 Å². The second-order valence-electron chi connectivity index (χ2n) is 5.63. The Hall–Kier alpha value is -1.70. The second-order valence-corrected chi connectivity index (χ2v) is 9.48. The van der Waals surface area contributed by atoms with Crippen molar-refractivity contribution in [2.75, 3.05) is 4.72 Å². The average molecular weight is 393 g/mol. The molecule has 0 fully saturated rings. The number of hydrogen-bond acceptors (Lipinski definition) is 5. The number of hydrogen-bond donors (Lipinski definition) is 1. The van der Waals surface area contributed by atoms with Gasteiger partial charge in [-0.1, -0.05) is 32.0 Å². The number of aromatic nitrogens is 1. The van der Waals surface area contributed by atoms with Crippen molar-refractivity contribution in [1.82, 2.24) is 4.98 Å².